The molecule has 0 aliphatic carbocycles. The van der Waals surface area contributed by atoms with E-state index >= 15 is 0 Å². The number of nitrogens with zero attached hydrogens (tertiary/aromatic N) is 3. The number of carbonyl (C=O) groups excluding carboxylic acids is 2. The summed E-state index contributed by atoms with van der Waals surface area (Å²) in [7, 11) is 0. The van der Waals surface area contributed by atoms with Crippen molar-refractivity contribution in [3.8, 4) is 0 Å². The molecule has 5 rings (SSSR count). The van der Waals surface area contributed by atoms with Gasteiger partial charge in [-0.05, 0) is 38.9 Å². The number of fused-ring (bicyclic) bond motifs is 1. The number of hydrogen-bond donors (Lipinski definition) is 5. The number of alkyl halides is 1. The molecule has 5 aliphatic rings. The second-order valence-corrected chi connectivity index (χ2v) is 10.4. The van der Waals surface area contributed by atoms with E-state index in [1.54, 1.807) is 11.9 Å². The van der Waals surface area contributed by atoms with E-state index in [9.17, 15) is 14.0 Å². The summed E-state index contributed by atoms with van der Waals surface area (Å²) >= 11 is 0. The van der Waals surface area contributed by atoms with E-state index in [1.165, 1.54) is 0 Å². The number of hydrazine groups is 1. The van der Waals surface area contributed by atoms with Crippen LogP contribution in [0.25, 0.3) is 0 Å². The molecule has 5 fully saturated rings. The van der Waals surface area contributed by atoms with Crippen LogP contribution in [0.1, 0.15) is 26.2 Å². The van der Waals surface area contributed by atoms with Crippen molar-refractivity contribution in [2.75, 3.05) is 52.4 Å². The zero-order valence-electron chi connectivity index (χ0n) is 18.9. The van der Waals surface area contributed by atoms with Gasteiger partial charge in [0.1, 0.15) is 6.17 Å². The van der Waals surface area contributed by atoms with E-state index in [-0.39, 0.29) is 43.2 Å². The molecule has 0 bridgehead atoms. The maximum atomic E-state index is 13.7. The standard InChI is InChI=1S/C21H37FN8O2/c1-13(31)29-11-21(12-29)3-6-28(7-4-21)16-2-5-24-9-15(16)26-20(32)17-18(23)27-30-10-14(22)8-25-19(17)30/h14-19,24-25,27H,2-12,23H2,1H3,(H,26,32). The van der Waals surface area contributed by atoms with Gasteiger partial charge in [-0.1, -0.05) is 0 Å². The molecule has 0 aromatic heterocycles. The molecule has 6 atom stereocenters. The van der Waals surface area contributed by atoms with E-state index in [4.69, 9.17) is 5.73 Å². The summed E-state index contributed by atoms with van der Waals surface area (Å²) in [4.78, 5) is 29.3. The number of nitrogens with one attached hydrogen (secondary N) is 4. The summed E-state index contributed by atoms with van der Waals surface area (Å²) in [6, 6.07) is 0.303. The average molecular weight is 453 g/mol. The molecule has 1 spiro atoms. The van der Waals surface area contributed by atoms with Gasteiger partial charge < -0.3 is 21.3 Å². The fourth-order valence-corrected chi connectivity index (χ4v) is 6.32. The summed E-state index contributed by atoms with van der Waals surface area (Å²) in [6.07, 6.45) is 1.40. The molecule has 2 amide bonds. The largest absolute Gasteiger partial charge is 0.350 e. The summed E-state index contributed by atoms with van der Waals surface area (Å²) in [5, 5.41) is 11.6. The quantitative estimate of drug-likeness (QED) is 0.327. The zero-order valence-corrected chi connectivity index (χ0v) is 18.9. The predicted molar refractivity (Wildman–Crippen MR) is 117 cm³/mol. The smallest absolute Gasteiger partial charge is 0.229 e. The van der Waals surface area contributed by atoms with Gasteiger partial charge in [-0.2, -0.15) is 0 Å². The number of piperidine rings is 2. The molecular formula is C21H37FN8O2. The van der Waals surface area contributed by atoms with E-state index in [2.05, 4.69) is 26.3 Å². The fraction of sp³-hybridized carbons (Fsp3) is 0.905. The predicted octanol–water partition coefficient (Wildman–Crippen LogP) is -2.23. The summed E-state index contributed by atoms with van der Waals surface area (Å²) in [5.74, 6) is -0.375. The molecule has 180 valence electrons. The highest BCUT2D eigenvalue weighted by Crippen LogP contribution is 2.41. The van der Waals surface area contributed by atoms with Gasteiger partial charge in [0, 0.05) is 51.1 Å². The highest BCUT2D eigenvalue weighted by atomic mass is 19.1. The van der Waals surface area contributed by atoms with Gasteiger partial charge in [-0.15, -0.1) is 0 Å². The van der Waals surface area contributed by atoms with Crippen molar-refractivity contribution in [2.45, 2.75) is 56.8 Å². The van der Waals surface area contributed by atoms with Crippen molar-refractivity contribution in [3.63, 3.8) is 0 Å². The highest BCUT2D eigenvalue weighted by molar-refractivity contribution is 5.81. The lowest BCUT2D eigenvalue weighted by atomic mass is 9.71. The van der Waals surface area contributed by atoms with E-state index in [1.807, 2.05) is 4.90 Å². The van der Waals surface area contributed by atoms with Crippen molar-refractivity contribution in [2.24, 2.45) is 17.1 Å². The third kappa shape index (κ3) is 4.14. The zero-order chi connectivity index (χ0) is 22.5. The molecule has 6 unspecified atom stereocenters. The lowest BCUT2D eigenvalue weighted by molar-refractivity contribution is -0.145. The Morgan fingerprint density at radius 1 is 1.19 bits per heavy atom. The molecule has 0 aromatic rings. The molecule has 11 heteroatoms. The average Bonchev–Trinajstić information content (AvgIpc) is 3.07. The Kier molecular flexibility index (Phi) is 6.14. The van der Waals surface area contributed by atoms with Crippen LogP contribution in [0, 0.1) is 11.3 Å². The maximum Gasteiger partial charge on any atom is 0.229 e. The topological polar surface area (TPSA) is 118 Å². The van der Waals surface area contributed by atoms with Gasteiger partial charge in [0.25, 0.3) is 0 Å². The van der Waals surface area contributed by atoms with Crippen molar-refractivity contribution >= 4 is 11.8 Å². The van der Waals surface area contributed by atoms with Crippen LogP contribution in [0.5, 0.6) is 0 Å². The first-order valence-corrected chi connectivity index (χ1v) is 12.0. The lowest BCUT2D eigenvalue weighted by Gasteiger charge is -2.55. The van der Waals surface area contributed by atoms with Gasteiger partial charge >= 0.3 is 0 Å². The van der Waals surface area contributed by atoms with Crippen LogP contribution in [0.4, 0.5) is 4.39 Å². The number of hydrogen-bond acceptors (Lipinski definition) is 8. The molecule has 10 nitrogen and oxygen atoms in total. The highest BCUT2D eigenvalue weighted by Gasteiger charge is 2.49. The van der Waals surface area contributed by atoms with E-state index < -0.39 is 18.3 Å². The monoisotopic (exact) mass is 452 g/mol. The summed E-state index contributed by atoms with van der Waals surface area (Å²) < 4.78 is 13.7. The Morgan fingerprint density at radius 3 is 2.66 bits per heavy atom. The Balaban J connectivity index is 1.18. The molecule has 5 heterocycles. The Hall–Kier alpha value is -1.37. The number of nitrogens with two attached hydrogens (primary N) is 1. The first kappa shape index (κ1) is 22.4. The van der Waals surface area contributed by atoms with Crippen LogP contribution >= 0.6 is 0 Å². The number of carbonyl (C=O) groups is 2. The van der Waals surface area contributed by atoms with E-state index in [0.717, 1.165) is 58.5 Å². The van der Waals surface area contributed by atoms with Crippen molar-refractivity contribution in [3.05, 3.63) is 0 Å². The molecular weight excluding hydrogens is 415 g/mol. The Morgan fingerprint density at radius 2 is 1.94 bits per heavy atom. The Bertz CT molecular complexity index is 725. The van der Waals surface area contributed by atoms with Gasteiger partial charge in [0.2, 0.25) is 11.8 Å². The van der Waals surface area contributed by atoms with Crippen LogP contribution in [-0.4, -0.2) is 110 Å². The lowest BCUT2D eigenvalue weighted by Crippen LogP contribution is -2.66. The maximum absolute atomic E-state index is 13.7. The van der Waals surface area contributed by atoms with Crippen LogP contribution in [0.15, 0.2) is 0 Å². The van der Waals surface area contributed by atoms with Gasteiger partial charge in [0.05, 0.1) is 24.3 Å². The normalized spacial score (nSPS) is 40.0. The molecule has 32 heavy (non-hydrogen) atoms. The van der Waals surface area contributed by atoms with Crippen molar-refractivity contribution in [1.29, 1.82) is 0 Å². The summed E-state index contributed by atoms with van der Waals surface area (Å²) in [5.41, 5.74) is 9.57. The van der Waals surface area contributed by atoms with Crippen LogP contribution in [0.3, 0.4) is 0 Å². The second kappa shape index (κ2) is 8.77. The number of amides is 2. The second-order valence-electron chi connectivity index (χ2n) is 10.4. The minimum Gasteiger partial charge on any atom is -0.350 e. The fourth-order valence-electron chi connectivity index (χ4n) is 6.32. The first-order valence-electron chi connectivity index (χ1n) is 12.0. The Labute approximate surface area is 188 Å². The molecule has 0 radical (unpaired) electrons. The molecule has 5 saturated heterocycles. The van der Waals surface area contributed by atoms with E-state index in [0.29, 0.717) is 5.41 Å². The van der Waals surface area contributed by atoms with Crippen LogP contribution in [-0.2, 0) is 9.59 Å². The third-order valence-electron chi connectivity index (χ3n) is 8.22. The molecule has 5 aliphatic heterocycles. The van der Waals surface area contributed by atoms with Crippen LogP contribution in [0.2, 0.25) is 0 Å². The van der Waals surface area contributed by atoms with Crippen molar-refractivity contribution < 1.29 is 14.0 Å². The SMILES string of the molecule is CC(=O)N1CC2(CCN(C3CCNCC3NC(=O)C3C(N)NN4CC(F)CNC34)CC2)C1. The van der Waals surface area contributed by atoms with Gasteiger partial charge in [-0.3, -0.25) is 19.8 Å². The number of likely N-dealkylation sites (tertiary alicyclic amines) is 2. The third-order valence-corrected chi connectivity index (χ3v) is 8.22. The summed E-state index contributed by atoms with van der Waals surface area (Å²) in [6.45, 7) is 7.58. The van der Waals surface area contributed by atoms with Gasteiger partial charge in [-0.25, -0.2) is 14.8 Å². The molecule has 6 N–H and O–H groups in total. The minimum atomic E-state index is -0.972. The van der Waals surface area contributed by atoms with Crippen LogP contribution < -0.4 is 27.1 Å². The minimum absolute atomic E-state index is 0.0131. The first-order chi connectivity index (χ1) is 15.3. The molecule has 0 aromatic carbocycles. The molecule has 0 saturated carbocycles. The number of rotatable bonds is 3. The van der Waals surface area contributed by atoms with Gasteiger partial charge in [0.15, 0.2) is 0 Å². The van der Waals surface area contributed by atoms with Crippen molar-refractivity contribution in [1.82, 2.24) is 36.2 Å². The number of halogens is 1.